The van der Waals surface area contributed by atoms with Crippen molar-refractivity contribution in [2.24, 2.45) is 0 Å². The minimum absolute atomic E-state index is 0.0498. The lowest BCUT2D eigenvalue weighted by molar-refractivity contribution is -0.870. The third kappa shape index (κ3) is 57.2. The minimum atomic E-state index is -4.37. The molecule has 0 aromatic rings. The van der Waals surface area contributed by atoms with Crippen molar-refractivity contribution >= 4 is 13.7 Å². The summed E-state index contributed by atoms with van der Waals surface area (Å²) in [6.07, 6.45) is 77.0. The van der Waals surface area contributed by atoms with Gasteiger partial charge in [0.2, 0.25) is 5.91 Å². The van der Waals surface area contributed by atoms with Crippen LogP contribution in [0.15, 0.2) is 85.1 Å². The van der Waals surface area contributed by atoms with Crippen molar-refractivity contribution in [1.82, 2.24) is 5.32 Å². The molecule has 73 heavy (non-hydrogen) atoms. The Kier molecular flexibility index (Phi) is 52.7. The van der Waals surface area contributed by atoms with Gasteiger partial charge in [0.15, 0.2) is 0 Å². The van der Waals surface area contributed by atoms with Crippen LogP contribution in [0.5, 0.6) is 0 Å². The van der Waals surface area contributed by atoms with E-state index in [9.17, 15) is 19.4 Å². The Morgan fingerprint density at radius 3 is 1.26 bits per heavy atom. The summed E-state index contributed by atoms with van der Waals surface area (Å²) < 4.78 is 23.7. The molecule has 424 valence electrons. The first-order chi connectivity index (χ1) is 35.5. The number of allylic oxidation sites excluding steroid dienone is 13. The molecule has 0 aromatic heterocycles. The van der Waals surface area contributed by atoms with Crippen molar-refractivity contribution in [3.05, 3.63) is 85.1 Å². The third-order valence-corrected chi connectivity index (χ3v) is 14.3. The number of amides is 1. The number of unbranched alkanes of at least 4 members (excludes halogenated alkanes) is 30. The van der Waals surface area contributed by atoms with Crippen LogP contribution in [0.3, 0.4) is 0 Å². The molecule has 0 aliphatic carbocycles. The van der Waals surface area contributed by atoms with E-state index in [1.54, 1.807) is 6.08 Å². The van der Waals surface area contributed by atoms with E-state index < -0.39 is 20.0 Å². The second kappa shape index (κ2) is 54.5. The molecule has 0 fully saturated rings. The van der Waals surface area contributed by atoms with Crippen LogP contribution < -0.4 is 5.32 Å². The normalized spacial score (nSPS) is 14.5. The van der Waals surface area contributed by atoms with Crippen molar-refractivity contribution in [1.29, 1.82) is 0 Å². The van der Waals surface area contributed by atoms with Crippen LogP contribution in [-0.4, -0.2) is 73.4 Å². The Morgan fingerprint density at radius 1 is 0.479 bits per heavy atom. The molecule has 0 aromatic carbocycles. The van der Waals surface area contributed by atoms with E-state index in [-0.39, 0.29) is 19.1 Å². The molecule has 9 heteroatoms. The second-order valence-electron chi connectivity index (χ2n) is 21.7. The van der Waals surface area contributed by atoms with Gasteiger partial charge < -0.3 is 19.8 Å². The van der Waals surface area contributed by atoms with Crippen LogP contribution in [0, 0.1) is 0 Å². The van der Waals surface area contributed by atoms with Gasteiger partial charge in [-0.05, 0) is 77.0 Å². The Labute approximate surface area is 452 Å². The molecular formula is C64H118N2O6P+. The maximum absolute atomic E-state index is 13.0. The van der Waals surface area contributed by atoms with Crippen molar-refractivity contribution in [2.45, 2.75) is 276 Å². The number of aliphatic hydroxyl groups excluding tert-OH is 1. The molecule has 0 aliphatic rings. The molecule has 0 aliphatic heterocycles. The Morgan fingerprint density at radius 2 is 0.836 bits per heavy atom. The summed E-state index contributed by atoms with van der Waals surface area (Å²) in [6, 6.07) is -0.876. The first-order valence-corrected chi connectivity index (χ1v) is 32.0. The van der Waals surface area contributed by atoms with E-state index in [2.05, 4.69) is 92.1 Å². The smallest absolute Gasteiger partial charge is 0.387 e. The lowest BCUT2D eigenvalue weighted by Crippen LogP contribution is -2.45. The number of rotatable bonds is 55. The van der Waals surface area contributed by atoms with Crippen molar-refractivity contribution in [2.75, 3.05) is 40.9 Å². The van der Waals surface area contributed by atoms with Crippen molar-refractivity contribution in [3.8, 4) is 0 Å². The molecule has 0 saturated carbocycles. The van der Waals surface area contributed by atoms with Gasteiger partial charge in [-0.25, -0.2) is 4.57 Å². The number of likely N-dealkylation sites (N-methyl/N-ethyl adjacent to an activating group) is 1. The average molecular weight is 1040 g/mol. The van der Waals surface area contributed by atoms with Crippen LogP contribution in [0.1, 0.15) is 264 Å². The lowest BCUT2D eigenvalue weighted by Gasteiger charge is -2.25. The highest BCUT2D eigenvalue weighted by atomic mass is 31.2. The van der Waals surface area contributed by atoms with Crippen LogP contribution in [0.2, 0.25) is 0 Å². The number of aliphatic hydroxyl groups is 1. The van der Waals surface area contributed by atoms with Gasteiger partial charge >= 0.3 is 7.82 Å². The minimum Gasteiger partial charge on any atom is -0.387 e. The summed E-state index contributed by atoms with van der Waals surface area (Å²) in [5, 5.41) is 13.9. The summed E-state index contributed by atoms with van der Waals surface area (Å²) in [4.78, 5) is 23.3. The molecule has 0 spiro atoms. The monoisotopic (exact) mass is 1040 g/mol. The average Bonchev–Trinajstić information content (AvgIpc) is 3.35. The summed E-state index contributed by atoms with van der Waals surface area (Å²) in [6.45, 7) is 4.69. The molecule has 3 atom stereocenters. The quantitative estimate of drug-likeness (QED) is 0.0243. The predicted molar refractivity (Wildman–Crippen MR) is 318 cm³/mol. The zero-order valence-electron chi connectivity index (χ0n) is 48.4. The third-order valence-electron chi connectivity index (χ3n) is 13.3. The van der Waals surface area contributed by atoms with Crippen LogP contribution in [0.25, 0.3) is 0 Å². The van der Waals surface area contributed by atoms with Gasteiger partial charge in [0.25, 0.3) is 0 Å². The largest absolute Gasteiger partial charge is 0.472 e. The van der Waals surface area contributed by atoms with Crippen molar-refractivity contribution < 1.29 is 32.9 Å². The topological polar surface area (TPSA) is 105 Å². The molecule has 8 nitrogen and oxygen atoms in total. The maximum atomic E-state index is 13.0. The molecule has 1 amide bonds. The van der Waals surface area contributed by atoms with Gasteiger partial charge in [-0.2, -0.15) is 0 Å². The fraction of sp³-hybridized carbons (Fsp3) is 0.766. The summed E-state index contributed by atoms with van der Waals surface area (Å²) >= 11 is 0. The van der Waals surface area contributed by atoms with Gasteiger partial charge in [-0.3, -0.25) is 13.8 Å². The zero-order valence-corrected chi connectivity index (χ0v) is 49.3. The van der Waals surface area contributed by atoms with Crippen LogP contribution in [0.4, 0.5) is 0 Å². The van der Waals surface area contributed by atoms with Crippen LogP contribution in [-0.2, 0) is 18.4 Å². The van der Waals surface area contributed by atoms with E-state index in [4.69, 9.17) is 9.05 Å². The number of quaternary nitrogens is 1. The molecule has 0 bridgehead atoms. The molecule has 3 unspecified atom stereocenters. The van der Waals surface area contributed by atoms with Crippen LogP contribution >= 0.6 is 7.82 Å². The van der Waals surface area contributed by atoms with Gasteiger partial charge in [0.05, 0.1) is 39.9 Å². The Bertz CT molecular complexity index is 1460. The van der Waals surface area contributed by atoms with E-state index in [0.29, 0.717) is 17.4 Å². The second-order valence-corrected chi connectivity index (χ2v) is 23.1. The summed E-state index contributed by atoms with van der Waals surface area (Å²) in [5.41, 5.74) is 0. The van der Waals surface area contributed by atoms with Crippen molar-refractivity contribution in [3.63, 3.8) is 0 Å². The molecule has 3 N–H and O–H groups in total. The number of phosphoric ester groups is 1. The molecule has 0 rings (SSSR count). The van der Waals surface area contributed by atoms with Gasteiger partial charge in [0, 0.05) is 6.42 Å². The highest BCUT2D eigenvalue weighted by Gasteiger charge is 2.27. The molecule has 0 radical (unpaired) electrons. The van der Waals surface area contributed by atoms with E-state index >= 15 is 0 Å². The highest BCUT2D eigenvalue weighted by Crippen LogP contribution is 2.43. The lowest BCUT2D eigenvalue weighted by atomic mass is 10.0. The highest BCUT2D eigenvalue weighted by molar-refractivity contribution is 7.47. The van der Waals surface area contributed by atoms with E-state index in [1.807, 2.05) is 27.2 Å². The molecule has 0 heterocycles. The first-order valence-electron chi connectivity index (χ1n) is 30.5. The number of hydrogen-bond acceptors (Lipinski definition) is 5. The van der Waals surface area contributed by atoms with Gasteiger partial charge in [-0.1, -0.05) is 266 Å². The number of nitrogens with zero attached hydrogens (tertiary/aromatic N) is 1. The standard InChI is InChI=1S/C64H117N2O6P/c1-6-8-10-12-14-16-18-20-22-24-26-28-30-31-32-33-34-36-37-39-41-43-45-47-49-51-53-55-57-63(67)62(61-72-73(69,70)71-60-59-66(3,4)5)65-64(68)58-56-54-52-50-48-46-44-42-40-38-35-29-27-25-23-21-19-17-15-13-11-9-7-2/h9,11,15,17,21,23,27,29,38,40,47,49,55,57,62-63,67H,6-8,10,12-14,16,18-20,22,24-26,28,30-37,39,41-46,48,50-54,56,58-61H2,1-5H3,(H-,65,68,69,70)/p+1/b11-9-,17-15-,23-21-,29-27-,40-38-,49-47+,57-55+. The van der Waals surface area contributed by atoms with E-state index in [1.165, 1.54) is 161 Å². The summed E-state index contributed by atoms with van der Waals surface area (Å²) in [5.74, 6) is -0.199. The fourth-order valence-corrected chi connectivity index (χ4v) is 9.35. The number of hydrogen-bond donors (Lipinski definition) is 3. The summed E-state index contributed by atoms with van der Waals surface area (Å²) in [7, 11) is 1.54. The van der Waals surface area contributed by atoms with Gasteiger partial charge in [0.1, 0.15) is 13.2 Å². The van der Waals surface area contributed by atoms with Gasteiger partial charge in [-0.15, -0.1) is 0 Å². The number of carbonyl (C=O) groups is 1. The molecular weight excluding hydrogens is 924 g/mol. The van der Waals surface area contributed by atoms with E-state index in [0.717, 1.165) is 83.5 Å². The predicted octanol–water partition coefficient (Wildman–Crippen LogP) is 18.8. The SMILES string of the molecule is CC/C=C\C/C=C\C/C=C\C/C=C\C/C=C\CCCCCCCCCC(=O)NC(COP(=O)(O)OCC[N+](C)(C)C)C(O)/C=C/CC/C=C/CCCCCCCCCCCCCCCCCCCCCCCC. The zero-order chi connectivity index (χ0) is 53.5. The number of phosphoric acid groups is 1. The fourth-order valence-electron chi connectivity index (χ4n) is 8.62. The number of carbonyl (C=O) groups excluding carboxylic acids is 1. The Hall–Kier alpha value is -2.32. The number of nitrogens with one attached hydrogen (secondary N) is 1. The molecule has 0 saturated heterocycles. The maximum Gasteiger partial charge on any atom is 0.472 e. The first kappa shape index (κ1) is 70.7. The Balaban J connectivity index is 4.25.